The number of halogens is 1. The molecule has 2 aromatic carbocycles. The third kappa shape index (κ3) is 7.46. The summed E-state index contributed by atoms with van der Waals surface area (Å²) in [6, 6.07) is 13.3. The molecule has 2 rings (SSSR count). The van der Waals surface area contributed by atoms with Crippen LogP contribution in [0.4, 0.5) is 5.69 Å². The van der Waals surface area contributed by atoms with Gasteiger partial charge in [0.1, 0.15) is 12.6 Å². The number of hydrogen-bond donors (Lipinski definition) is 1. The Labute approximate surface area is 208 Å². The van der Waals surface area contributed by atoms with Gasteiger partial charge < -0.3 is 10.2 Å². The number of anilines is 1. The molecule has 1 N–H and O–H groups in total. The number of benzene rings is 2. The fourth-order valence-corrected chi connectivity index (χ4v) is 4.78. The van der Waals surface area contributed by atoms with Crippen molar-refractivity contribution in [2.45, 2.75) is 52.6 Å². The standard InChI is InChI=1S/C25H34ClN3O4S/c1-5-7-16-27-25(31)22(6-2)28(17-20-13-9-10-14-21(20)26)24(30)18-29(34(4,32)33)23-15-11-8-12-19(23)3/h8-15,22H,5-7,16-18H2,1-4H3,(H,27,31)/t22-/m0/s1. The van der Waals surface area contributed by atoms with E-state index >= 15 is 0 Å². The molecule has 0 saturated carbocycles. The third-order valence-corrected chi connectivity index (χ3v) is 7.07. The summed E-state index contributed by atoms with van der Waals surface area (Å²) in [6.45, 7) is 5.82. The second kappa shape index (κ2) is 12.8. The molecule has 0 fully saturated rings. The molecule has 2 amide bonds. The largest absolute Gasteiger partial charge is 0.354 e. The Morgan fingerprint density at radius 1 is 1.06 bits per heavy atom. The first kappa shape index (κ1) is 27.7. The molecule has 0 aliphatic heterocycles. The van der Waals surface area contributed by atoms with Crippen LogP contribution in [-0.4, -0.2) is 50.5 Å². The third-order valence-electron chi connectivity index (χ3n) is 5.58. The highest BCUT2D eigenvalue weighted by Gasteiger charge is 2.32. The maximum absolute atomic E-state index is 13.6. The molecule has 0 spiro atoms. The number of carbonyl (C=O) groups is 2. The monoisotopic (exact) mass is 507 g/mol. The predicted molar refractivity (Wildman–Crippen MR) is 137 cm³/mol. The van der Waals surface area contributed by atoms with Gasteiger partial charge in [-0.1, -0.05) is 68.3 Å². The van der Waals surface area contributed by atoms with Crippen LogP contribution in [0.2, 0.25) is 5.02 Å². The molecular weight excluding hydrogens is 474 g/mol. The Morgan fingerprint density at radius 2 is 1.71 bits per heavy atom. The number of rotatable bonds is 12. The zero-order chi connectivity index (χ0) is 25.3. The van der Waals surface area contributed by atoms with Gasteiger partial charge in [-0.25, -0.2) is 8.42 Å². The second-order valence-corrected chi connectivity index (χ2v) is 10.6. The van der Waals surface area contributed by atoms with Gasteiger partial charge in [-0.05, 0) is 43.0 Å². The van der Waals surface area contributed by atoms with Gasteiger partial charge in [0.25, 0.3) is 0 Å². The first-order valence-electron chi connectivity index (χ1n) is 11.4. The maximum Gasteiger partial charge on any atom is 0.244 e. The lowest BCUT2D eigenvalue weighted by molar-refractivity contribution is -0.140. The summed E-state index contributed by atoms with van der Waals surface area (Å²) < 4.78 is 26.4. The molecule has 9 heteroatoms. The van der Waals surface area contributed by atoms with Gasteiger partial charge in [-0.3, -0.25) is 13.9 Å². The summed E-state index contributed by atoms with van der Waals surface area (Å²) in [4.78, 5) is 28.1. The number of sulfonamides is 1. The minimum atomic E-state index is -3.76. The molecule has 0 aromatic heterocycles. The van der Waals surface area contributed by atoms with Crippen LogP contribution in [0.3, 0.4) is 0 Å². The van der Waals surface area contributed by atoms with Gasteiger partial charge in [0.2, 0.25) is 21.8 Å². The Hall–Kier alpha value is -2.58. The van der Waals surface area contributed by atoms with Gasteiger partial charge in [0.05, 0.1) is 11.9 Å². The SMILES string of the molecule is CCCCNC(=O)[C@H](CC)N(Cc1ccccc1Cl)C(=O)CN(c1ccccc1C)S(C)(=O)=O. The van der Waals surface area contributed by atoms with E-state index in [2.05, 4.69) is 5.32 Å². The number of amides is 2. The molecule has 186 valence electrons. The first-order chi connectivity index (χ1) is 16.1. The number of unbranched alkanes of at least 4 members (excludes halogenated alkanes) is 1. The van der Waals surface area contributed by atoms with E-state index in [9.17, 15) is 18.0 Å². The number of nitrogens with zero attached hydrogens (tertiary/aromatic N) is 2. The summed E-state index contributed by atoms with van der Waals surface area (Å²) in [5.74, 6) is -0.746. The van der Waals surface area contributed by atoms with Crippen LogP contribution in [0, 0.1) is 6.92 Å². The van der Waals surface area contributed by atoms with E-state index in [0.29, 0.717) is 29.2 Å². The number of aryl methyl sites for hydroxylation is 1. The lowest BCUT2D eigenvalue weighted by Gasteiger charge is -2.33. The number of para-hydroxylation sites is 1. The summed E-state index contributed by atoms with van der Waals surface area (Å²) >= 11 is 6.35. The fraction of sp³-hybridized carbons (Fsp3) is 0.440. The number of hydrogen-bond acceptors (Lipinski definition) is 4. The first-order valence-corrected chi connectivity index (χ1v) is 13.7. The van der Waals surface area contributed by atoms with Crippen LogP contribution in [0.25, 0.3) is 0 Å². The molecule has 0 aliphatic rings. The van der Waals surface area contributed by atoms with E-state index in [4.69, 9.17) is 11.6 Å². The van der Waals surface area contributed by atoms with E-state index in [1.807, 2.05) is 19.9 Å². The van der Waals surface area contributed by atoms with Crippen molar-refractivity contribution in [3.8, 4) is 0 Å². The molecule has 0 aliphatic carbocycles. The van der Waals surface area contributed by atoms with Crippen molar-refractivity contribution in [2.24, 2.45) is 0 Å². The highest BCUT2D eigenvalue weighted by atomic mass is 35.5. The average Bonchev–Trinajstić information content (AvgIpc) is 2.78. The van der Waals surface area contributed by atoms with Gasteiger partial charge in [-0.15, -0.1) is 0 Å². The highest BCUT2D eigenvalue weighted by molar-refractivity contribution is 7.92. The zero-order valence-corrected chi connectivity index (χ0v) is 21.8. The molecule has 34 heavy (non-hydrogen) atoms. The molecule has 0 unspecified atom stereocenters. The second-order valence-electron chi connectivity index (χ2n) is 8.24. The quantitative estimate of drug-likeness (QED) is 0.437. The van der Waals surface area contributed by atoms with Crippen LogP contribution in [0.15, 0.2) is 48.5 Å². The van der Waals surface area contributed by atoms with Gasteiger partial charge in [-0.2, -0.15) is 0 Å². The molecule has 0 saturated heterocycles. The van der Waals surface area contributed by atoms with Crippen LogP contribution in [0.5, 0.6) is 0 Å². The van der Waals surface area contributed by atoms with Gasteiger partial charge in [0.15, 0.2) is 0 Å². The van der Waals surface area contributed by atoms with Crippen molar-refractivity contribution in [3.63, 3.8) is 0 Å². The van der Waals surface area contributed by atoms with Gasteiger partial charge >= 0.3 is 0 Å². The zero-order valence-electron chi connectivity index (χ0n) is 20.3. The van der Waals surface area contributed by atoms with Crippen molar-refractivity contribution in [1.82, 2.24) is 10.2 Å². The molecular formula is C25H34ClN3O4S. The Morgan fingerprint density at radius 3 is 2.29 bits per heavy atom. The minimum Gasteiger partial charge on any atom is -0.354 e. The Kier molecular flexibility index (Phi) is 10.4. The Balaban J connectivity index is 2.43. The highest BCUT2D eigenvalue weighted by Crippen LogP contribution is 2.24. The molecule has 7 nitrogen and oxygen atoms in total. The number of carbonyl (C=O) groups excluding carboxylic acids is 2. The topological polar surface area (TPSA) is 86.8 Å². The molecule has 0 heterocycles. The minimum absolute atomic E-state index is 0.0869. The van der Waals surface area contributed by atoms with Crippen molar-refractivity contribution in [1.29, 1.82) is 0 Å². The van der Waals surface area contributed by atoms with E-state index in [-0.39, 0.29) is 12.5 Å². The maximum atomic E-state index is 13.6. The summed E-state index contributed by atoms with van der Waals surface area (Å²) in [6.07, 6.45) is 3.20. The van der Waals surface area contributed by atoms with Crippen molar-refractivity contribution in [2.75, 3.05) is 23.7 Å². The van der Waals surface area contributed by atoms with E-state index in [1.54, 1.807) is 49.4 Å². The van der Waals surface area contributed by atoms with Crippen molar-refractivity contribution < 1.29 is 18.0 Å². The van der Waals surface area contributed by atoms with Crippen molar-refractivity contribution in [3.05, 3.63) is 64.7 Å². The molecule has 1 atom stereocenters. The summed E-state index contributed by atoms with van der Waals surface area (Å²) in [5.41, 5.74) is 1.83. The average molecular weight is 508 g/mol. The lowest BCUT2D eigenvalue weighted by atomic mass is 10.1. The lowest BCUT2D eigenvalue weighted by Crippen LogP contribution is -2.52. The fourth-order valence-electron chi connectivity index (χ4n) is 3.67. The number of nitrogens with one attached hydrogen (secondary N) is 1. The van der Waals surface area contributed by atoms with E-state index < -0.39 is 28.5 Å². The van der Waals surface area contributed by atoms with Gasteiger partial charge in [0, 0.05) is 18.1 Å². The molecule has 0 bridgehead atoms. The van der Waals surface area contributed by atoms with E-state index in [0.717, 1.165) is 29.0 Å². The van der Waals surface area contributed by atoms with Crippen molar-refractivity contribution >= 4 is 39.1 Å². The summed E-state index contributed by atoms with van der Waals surface area (Å²) in [7, 11) is -3.76. The van der Waals surface area contributed by atoms with E-state index in [1.165, 1.54) is 4.90 Å². The van der Waals surface area contributed by atoms with Crippen LogP contribution >= 0.6 is 11.6 Å². The molecule has 2 aromatic rings. The molecule has 0 radical (unpaired) electrons. The van der Waals surface area contributed by atoms with Crippen LogP contribution in [0.1, 0.15) is 44.2 Å². The van der Waals surface area contributed by atoms with Crippen LogP contribution < -0.4 is 9.62 Å². The summed E-state index contributed by atoms with van der Waals surface area (Å²) in [5, 5.41) is 3.37. The smallest absolute Gasteiger partial charge is 0.244 e. The Bertz CT molecular complexity index is 1090. The van der Waals surface area contributed by atoms with Crippen LogP contribution in [-0.2, 0) is 26.2 Å². The normalized spacial score (nSPS) is 12.1. The predicted octanol–water partition coefficient (Wildman–Crippen LogP) is 4.14.